The second kappa shape index (κ2) is 6.60. The maximum absolute atomic E-state index is 12.0. The van der Waals surface area contributed by atoms with E-state index in [9.17, 15) is 18.3 Å². The fraction of sp³-hybridized carbons (Fsp3) is 0.562. The second-order valence-electron chi connectivity index (χ2n) is 6.53. The Hall–Kier alpha value is -1.80. The van der Waals surface area contributed by atoms with Crippen LogP contribution in [0.4, 0.5) is 5.69 Å². The number of rotatable bonds is 4. The minimum absolute atomic E-state index is 0.129. The van der Waals surface area contributed by atoms with E-state index in [2.05, 4.69) is 5.32 Å². The molecule has 0 radical (unpaired) electrons. The molecule has 0 spiro atoms. The number of hydrogen-bond donors (Lipinski definition) is 3. The Morgan fingerprint density at radius 2 is 2.00 bits per heavy atom. The van der Waals surface area contributed by atoms with Gasteiger partial charge in [0.25, 0.3) is 5.91 Å². The molecule has 2 aliphatic rings. The first-order valence-electron chi connectivity index (χ1n) is 8.26. The Bertz CT molecular complexity index is 719. The van der Waals surface area contributed by atoms with E-state index in [4.69, 9.17) is 0 Å². The minimum Gasteiger partial charge on any atom is -0.506 e. The molecular weight excluding hydrogens is 330 g/mol. The molecule has 3 rings (SSSR count). The van der Waals surface area contributed by atoms with E-state index in [0.717, 1.165) is 9.87 Å². The smallest absolute Gasteiger partial charge is 0.326 e. The van der Waals surface area contributed by atoms with Gasteiger partial charge in [-0.1, -0.05) is 25.3 Å². The summed E-state index contributed by atoms with van der Waals surface area (Å²) in [6.45, 7) is 2.05. The fourth-order valence-electron chi connectivity index (χ4n) is 3.48. The maximum atomic E-state index is 12.0. The lowest BCUT2D eigenvalue weighted by Crippen LogP contribution is -2.31. The molecule has 1 heterocycles. The number of phenolic OH excluding ortho intramolecular Hbond substituents is 1. The van der Waals surface area contributed by atoms with E-state index in [0.29, 0.717) is 18.2 Å². The molecule has 2 fully saturated rings. The molecule has 1 saturated heterocycles. The van der Waals surface area contributed by atoms with E-state index in [1.54, 1.807) is 13.0 Å². The van der Waals surface area contributed by atoms with Gasteiger partial charge in [-0.05, 0) is 37.0 Å². The van der Waals surface area contributed by atoms with Crippen LogP contribution < -0.4 is 14.3 Å². The summed E-state index contributed by atoms with van der Waals surface area (Å²) in [7, 11) is -3.92. The van der Waals surface area contributed by atoms with Crippen LogP contribution in [0.1, 0.15) is 43.2 Å². The van der Waals surface area contributed by atoms with Crippen LogP contribution >= 0.6 is 0 Å². The first kappa shape index (κ1) is 17.0. The lowest BCUT2D eigenvalue weighted by atomic mass is 9.95. The van der Waals surface area contributed by atoms with Crippen molar-refractivity contribution in [2.45, 2.75) is 51.6 Å². The van der Waals surface area contributed by atoms with Crippen LogP contribution in [0.3, 0.4) is 0 Å². The Balaban J connectivity index is 1.77. The predicted molar refractivity (Wildman–Crippen MR) is 91.0 cm³/mol. The topological polar surface area (TPSA) is 98.7 Å². The monoisotopic (exact) mass is 353 g/mol. The molecule has 1 aromatic rings. The number of carbonyl (C=O) groups excluding carboxylic acids is 1. The van der Waals surface area contributed by atoms with E-state index in [1.165, 1.54) is 32.1 Å². The maximum Gasteiger partial charge on any atom is 0.326 e. The predicted octanol–water partition coefficient (Wildman–Crippen LogP) is 1.30. The van der Waals surface area contributed by atoms with Gasteiger partial charge in [0.1, 0.15) is 12.3 Å². The molecule has 1 aliphatic carbocycles. The van der Waals surface area contributed by atoms with Crippen molar-refractivity contribution in [3.63, 3.8) is 0 Å². The van der Waals surface area contributed by atoms with E-state index < -0.39 is 16.1 Å². The van der Waals surface area contributed by atoms with Crippen LogP contribution in [0.5, 0.6) is 5.75 Å². The van der Waals surface area contributed by atoms with Gasteiger partial charge in [-0.2, -0.15) is 8.42 Å². The normalized spacial score (nSPS) is 21.0. The molecule has 8 heteroatoms. The first-order chi connectivity index (χ1) is 11.4. The van der Waals surface area contributed by atoms with Gasteiger partial charge in [-0.25, -0.2) is 9.03 Å². The lowest BCUT2D eigenvalue weighted by Gasteiger charge is -2.24. The highest BCUT2D eigenvalue weighted by Gasteiger charge is 2.36. The summed E-state index contributed by atoms with van der Waals surface area (Å²) in [5, 5.41) is 13.8. The Kier molecular flexibility index (Phi) is 4.69. The molecule has 1 amide bonds. The summed E-state index contributed by atoms with van der Waals surface area (Å²) in [5.74, 6) is -0.729. The average molecular weight is 353 g/mol. The zero-order valence-corrected chi connectivity index (χ0v) is 14.5. The van der Waals surface area contributed by atoms with Crippen LogP contribution in [0.15, 0.2) is 12.1 Å². The Morgan fingerprint density at radius 3 is 2.58 bits per heavy atom. The number of carbonyl (C=O) groups is 1. The molecule has 0 bridgehead atoms. The molecule has 1 aromatic carbocycles. The van der Waals surface area contributed by atoms with Crippen molar-refractivity contribution < 1.29 is 18.3 Å². The number of nitrogens with one attached hydrogen (secondary N) is 2. The SMILES string of the molecule is Cc1cc(CNC2CCCCC2)cc(O)c1N1CC(=O)NS1(=O)=O. The second-order valence-corrected chi connectivity index (χ2v) is 8.13. The number of amides is 1. The Labute approximate surface area is 142 Å². The summed E-state index contributed by atoms with van der Waals surface area (Å²) < 4.78 is 26.8. The zero-order valence-electron chi connectivity index (χ0n) is 13.7. The molecule has 0 aromatic heterocycles. The van der Waals surface area contributed by atoms with Crippen LogP contribution in [0, 0.1) is 6.92 Å². The van der Waals surface area contributed by atoms with E-state index in [1.807, 2.05) is 10.8 Å². The molecule has 7 nitrogen and oxygen atoms in total. The number of nitrogens with zero attached hydrogens (tertiary/aromatic N) is 1. The van der Waals surface area contributed by atoms with Crippen molar-refractivity contribution in [2.24, 2.45) is 0 Å². The van der Waals surface area contributed by atoms with E-state index >= 15 is 0 Å². The van der Waals surface area contributed by atoms with Gasteiger partial charge < -0.3 is 10.4 Å². The fourth-order valence-corrected chi connectivity index (χ4v) is 4.70. The summed E-state index contributed by atoms with van der Waals surface area (Å²) in [5.41, 5.74) is 1.68. The number of benzene rings is 1. The molecule has 0 atom stereocenters. The highest BCUT2D eigenvalue weighted by atomic mass is 32.2. The van der Waals surface area contributed by atoms with Crippen LogP contribution in [0.2, 0.25) is 0 Å². The number of aryl methyl sites for hydroxylation is 1. The van der Waals surface area contributed by atoms with Gasteiger partial charge in [-0.3, -0.25) is 4.79 Å². The largest absolute Gasteiger partial charge is 0.506 e. The van der Waals surface area contributed by atoms with Crippen molar-refractivity contribution in [3.05, 3.63) is 23.3 Å². The molecular formula is C16H23N3O4S. The molecule has 1 saturated carbocycles. The molecule has 24 heavy (non-hydrogen) atoms. The highest BCUT2D eigenvalue weighted by Crippen LogP contribution is 2.35. The summed E-state index contributed by atoms with van der Waals surface area (Å²) >= 11 is 0. The first-order valence-corrected chi connectivity index (χ1v) is 9.70. The molecule has 3 N–H and O–H groups in total. The van der Waals surface area contributed by atoms with Crippen molar-refractivity contribution in [2.75, 3.05) is 10.8 Å². The van der Waals surface area contributed by atoms with Crippen LogP contribution in [-0.2, 0) is 21.5 Å². The average Bonchev–Trinajstić information content (AvgIpc) is 2.78. The Morgan fingerprint density at radius 1 is 1.29 bits per heavy atom. The van der Waals surface area contributed by atoms with Gasteiger partial charge in [0.2, 0.25) is 0 Å². The molecule has 132 valence electrons. The summed E-state index contributed by atoms with van der Waals surface area (Å²) in [6, 6.07) is 3.92. The zero-order chi connectivity index (χ0) is 17.3. The van der Waals surface area contributed by atoms with Crippen LogP contribution in [0.25, 0.3) is 0 Å². The number of anilines is 1. The number of hydrogen-bond acceptors (Lipinski definition) is 5. The van der Waals surface area contributed by atoms with E-state index in [-0.39, 0.29) is 18.0 Å². The van der Waals surface area contributed by atoms with Crippen molar-refractivity contribution >= 4 is 21.8 Å². The lowest BCUT2D eigenvalue weighted by molar-refractivity contribution is -0.117. The third-order valence-electron chi connectivity index (χ3n) is 4.61. The summed E-state index contributed by atoms with van der Waals surface area (Å²) in [4.78, 5) is 11.4. The minimum atomic E-state index is -3.92. The van der Waals surface area contributed by atoms with Crippen molar-refractivity contribution in [1.29, 1.82) is 0 Å². The molecule has 1 aliphatic heterocycles. The van der Waals surface area contributed by atoms with Gasteiger partial charge >= 0.3 is 10.2 Å². The quantitative estimate of drug-likeness (QED) is 0.758. The number of phenols is 1. The molecule has 0 unspecified atom stereocenters. The third kappa shape index (κ3) is 3.49. The van der Waals surface area contributed by atoms with Crippen molar-refractivity contribution in [3.8, 4) is 5.75 Å². The highest BCUT2D eigenvalue weighted by molar-refractivity contribution is 7.92. The third-order valence-corrected chi connectivity index (χ3v) is 5.99. The van der Waals surface area contributed by atoms with Crippen molar-refractivity contribution in [1.82, 2.24) is 10.0 Å². The van der Waals surface area contributed by atoms with Gasteiger partial charge in [-0.15, -0.1) is 0 Å². The van der Waals surface area contributed by atoms with Gasteiger partial charge in [0.05, 0.1) is 5.69 Å². The van der Waals surface area contributed by atoms with Crippen LogP contribution in [-0.4, -0.2) is 32.0 Å². The summed E-state index contributed by atoms with van der Waals surface area (Å²) in [6.07, 6.45) is 6.12. The van der Waals surface area contributed by atoms with Gasteiger partial charge in [0.15, 0.2) is 0 Å². The standard InChI is InChI=1S/C16H23N3O4S/c1-11-7-12(9-17-13-5-3-2-4-6-13)8-14(20)16(11)19-10-15(21)18-24(19,22)23/h7-8,13,17,20H,2-6,9-10H2,1H3,(H,18,21). The van der Waals surface area contributed by atoms with Gasteiger partial charge in [0, 0.05) is 12.6 Å². The number of aromatic hydroxyl groups is 1.